The van der Waals surface area contributed by atoms with Crippen molar-refractivity contribution in [3.05, 3.63) is 73.2 Å². The number of aromatic nitrogens is 2. The van der Waals surface area contributed by atoms with Gasteiger partial charge in [-0.25, -0.2) is 9.80 Å². The predicted octanol–water partition coefficient (Wildman–Crippen LogP) is 4.79. The molecule has 0 aliphatic carbocycles. The van der Waals surface area contributed by atoms with Crippen LogP contribution < -0.4 is 10.3 Å². The molecule has 0 saturated carbocycles. The summed E-state index contributed by atoms with van der Waals surface area (Å²) in [5.74, 6) is 0. The van der Waals surface area contributed by atoms with E-state index in [4.69, 9.17) is 9.47 Å². The Bertz CT molecular complexity index is 1250. The van der Waals surface area contributed by atoms with Gasteiger partial charge in [0.1, 0.15) is 0 Å². The van der Waals surface area contributed by atoms with E-state index in [1.54, 1.807) is 12.4 Å². The normalized spacial score (nSPS) is 14.2. The number of hydrogen-bond donors (Lipinski definition) is 2. The van der Waals surface area contributed by atoms with Crippen LogP contribution in [0.2, 0.25) is 0 Å². The molecule has 1 fully saturated rings. The number of carbonyl (C=O) groups excluding carboxylic acids is 1. The molecule has 4 aromatic rings. The lowest BCUT2D eigenvalue weighted by atomic mass is 10.00. The third-order valence-corrected chi connectivity index (χ3v) is 5.68. The highest BCUT2D eigenvalue weighted by Gasteiger charge is 2.22. The third-order valence-electron chi connectivity index (χ3n) is 5.68. The van der Waals surface area contributed by atoms with Crippen molar-refractivity contribution in [1.82, 2.24) is 15.0 Å². The van der Waals surface area contributed by atoms with Crippen LogP contribution in [-0.4, -0.2) is 54.5 Å². The largest absolute Gasteiger partial charge is 0.453 e. The first-order valence-electron chi connectivity index (χ1n) is 10.8. The van der Waals surface area contributed by atoms with E-state index in [0.29, 0.717) is 18.9 Å². The number of anilines is 3. The van der Waals surface area contributed by atoms with Crippen molar-refractivity contribution in [2.75, 3.05) is 43.7 Å². The van der Waals surface area contributed by atoms with Gasteiger partial charge < -0.3 is 14.5 Å². The van der Waals surface area contributed by atoms with Gasteiger partial charge in [-0.15, -0.1) is 0 Å². The third kappa shape index (κ3) is 4.39. The summed E-state index contributed by atoms with van der Waals surface area (Å²) in [7, 11) is 1.36. The molecule has 1 aliphatic rings. The van der Waals surface area contributed by atoms with Gasteiger partial charge in [0, 0.05) is 48.3 Å². The van der Waals surface area contributed by atoms with Gasteiger partial charge in [0.05, 0.1) is 31.7 Å². The topological polar surface area (TPSA) is 82.7 Å². The van der Waals surface area contributed by atoms with Gasteiger partial charge >= 0.3 is 6.09 Å². The quantitative estimate of drug-likeness (QED) is 0.461. The van der Waals surface area contributed by atoms with E-state index in [9.17, 15) is 4.79 Å². The Kier molecular flexibility index (Phi) is 5.93. The maximum atomic E-state index is 12.1. The molecule has 1 amide bonds. The highest BCUT2D eigenvalue weighted by Crippen LogP contribution is 2.36. The number of nitrogens with one attached hydrogen (secondary N) is 2. The van der Waals surface area contributed by atoms with E-state index in [2.05, 4.69) is 43.5 Å². The summed E-state index contributed by atoms with van der Waals surface area (Å²) in [6.07, 6.45) is 4.98. The van der Waals surface area contributed by atoms with E-state index in [-0.39, 0.29) is 0 Å². The van der Waals surface area contributed by atoms with Gasteiger partial charge in [-0.1, -0.05) is 12.1 Å². The van der Waals surface area contributed by atoms with Gasteiger partial charge in [-0.05, 0) is 53.6 Å². The van der Waals surface area contributed by atoms with Crippen molar-refractivity contribution in [2.45, 2.75) is 0 Å². The fourth-order valence-corrected chi connectivity index (χ4v) is 4.18. The molecule has 0 atom stereocenters. The molecule has 0 bridgehead atoms. The average Bonchev–Trinajstić information content (AvgIpc) is 3.34. The predicted molar refractivity (Wildman–Crippen MR) is 129 cm³/mol. The average molecular weight is 444 g/mol. The lowest BCUT2D eigenvalue weighted by molar-refractivity contribution is 0.0378. The fourth-order valence-electron chi connectivity index (χ4n) is 4.18. The van der Waals surface area contributed by atoms with Crippen LogP contribution in [0.15, 0.2) is 73.2 Å². The second kappa shape index (κ2) is 9.32. The summed E-state index contributed by atoms with van der Waals surface area (Å²) < 4.78 is 10.4. The van der Waals surface area contributed by atoms with Crippen molar-refractivity contribution in [1.29, 1.82) is 0 Å². The Morgan fingerprint density at radius 3 is 2.70 bits per heavy atom. The summed E-state index contributed by atoms with van der Waals surface area (Å²) >= 11 is 0. The van der Waals surface area contributed by atoms with Crippen LogP contribution in [0.5, 0.6) is 0 Å². The van der Waals surface area contributed by atoms with Crippen molar-refractivity contribution < 1.29 is 14.3 Å². The van der Waals surface area contributed by atoms with Crippen LogP contribution >= 0.6 is 0 Å². The molecule has 2 aromatic heterocycles. The first kappa shape index (κ1) is 21.0. The standard InChI is InChI=1S/C25H25N5O3/c1-32-25(31)28-19-15-18(22-3-2-4-24-23(22)7-10-27-24)16-21(17-19)30(20-5-8-26-9-6-20)29-11-13-33-14-12-29/h2-10,15-17,27H,11-14H2,1H3,(H,28,31). The summed E-state index contributed by atoms with van der Waals surface area (Å²) in [6.45, 7) is 2.80. The van der Waals surface area contributed by atoms with Gasteiger partial charge in [-0.2, -0.15) is 0 Å². The zero-order chi connectivity index (χ0) is 22.6. The zero-order valence-electron chi connectivity index (χ0n) is 18.3. The molecule has 2 aromatic carbocycles. The SMILES string of the molecule is COC(=O)Nc1cc(-c2cccc3[nH]ccc23)cc(N(c2ccncc2)N2CCOCC2)c1. The minimum atomic E-state index is -0.514. The molecular weight excluding hydrogens is 418 g/mol. The number of methoxy groups -OCH3 is 1. The molecule has 2 N–H and O–H groups in total. The highest BCUT2D eigenvalue weighted by molar-refractivity contribution is 5.97. The van der Waals surface area contributed by atoms with E-state index in [1.165, 1.54) is 7.11 Å². The second-order valence-electron chi connectivity index (χ2n) is 7.71. The number of ether oxygens (including phenoxy) is 2. The zero-order valence-corrected chi connectivity index (χ0v) is 18.3. The number of hydrogen-bond acceptors (Lipinski definition) is 6. The van der Waals surface area contributed by atoms with E-state index < -0.39 is 6.09 Å². The minimum absolute atomic E-state index is 0.514. The molecule has 0 radical (unpaired) electrons. The maximum Gasteiger partial charge on any atom is 0.411 e. The van der Waals surface area contributed by atoms with E-state index in [1.807, 2.05) is 42.6 Å². The molecule has 8 nitrogen and oxygen atoms in total. The van der Waals surface area contributed by atoms with Crippen LogP contribution in [0.4, 0.5) is 21.9 Å². The lowest BCUT2D eigenvalue weighted by Crippen LogP contribution is -2.46. The Morgan fingerprint density at radius 1 is 1.09 bits per heavy atom. The van der Waals surface area contributed by atoms with Crippen LogP contribution in [0.3, 0.4) is 0 Å². The molecule has 5 rings (SSSR count). The van der Waals surface area contributed by atoms with Crippen LogP contribution in [-0.2, 0) is 9.47 Å². The van der Waals surface area contributed by atoms with Crippen molar-refractivity contribution in [2.24, 2.45) is 0 Å². The molecule has 168 valence electrons. The molecule has 3 heterocycles. The summed E-state index contributed by atoms with van der Waals surface area (Å²) in [5, 5.41) is 8.36. The van der Waals surface area contributed by atoms with Crippen molar-refractivity contribution >= 4 is 34.1 Å². The number of fused-ring (bicyclic) bond motifs is 1. The van der Waals surface area contributed by atoms with Gasteiger partial charge in [0.25, 0.3) is 0 Å². The first-order valence-corrected chi connectivity index (χ1v) is 10.8. The van der Waals surface area contributed by atoms with Crippen molar-refractivity contribution in [3.8, 4) is 11.1 Å². The number of H-pyrrole nitrogens is 1. The number of rotatable bonds is 5. The lowest BCUT2D eigenvalue weighted by Gasteiger charge is -2.39. The molecule has 1 saturated heterocycles. The molecular formula is C25H25N5O3. The minimum Gasteiger partial charge on any atom is -0.453 e. The van der Waals surface area contributed by atoms with Crippen LogP contribution in [0, 0.1) is 0 Å². The molecule has 0 spiro atoms. The van der Waals surface area contributed by atoms with Gasteiger partial charge in [0.2, 0.25) is 0 Å². The van der Waals surface area contributed by atoms with Crippen molar-refractivity contribution in [3.63, 3.8) is 0 Å². The second-order valence-corrected chi connectivity index (χ2v) is 7.71. The van der Waals surface area contributed by atoms with E-state index in [0.717, 1.165) is 46.5 Å². The van der Waals surface area contributed by atoms with E-state index >= 15 is 0 Å². The summed E-state index contributed by atoms with van der Waals surface area (Å²) in [4.78, 5) is 19.5. The fraction of sp³-hybridized carbons (Fsp3) is 0.200. The smallest absolute Gasteiger partial charge is 0.411 e. The maximum absolute atomic E-state index is 12.1. The molecule has 0 unspecified atom stereocenters. The highest BCUT2D eigenvalue weighted by atomic mass is 16.5. The number of amides is 1. The van der Waals surface area contributed by atoms with Gasteiger partial charge in [0.15, 0.2) is 0 Å². The number of hydrazine groups is 1. The number of pyridine rings is 1. The number of aromatic amines is 1. The first-order chi connectivity index (χ1) is 16.2. The van der Waals surface area contributed by atoms with Crippen LogP contribution in [0.25, 0.3) is 22.0 Å². The Labute approximate surface area is 191 Å². The number of benzene rings is 2. The molecule has 33 heavy (non-hydrogen) atoms. The Hall–Kier alpha value is -3.88. The monoisotopic (exact) mass is 443 g/mol. The van der Waals surface area contributed by atoms with Crippen LogP contribution in [0.1, 0.15) is 0 Å². The number of nitrogens with zero attached hydrogens (tertiary/aromatic N) is 3. The number of carbonyl (C=O) groups is 1. The van der Waals surface area contributed by atoms with Gasteiger partial charge in [-0.3, -0.25) is 15.3 Å². The molecule has 8 heteroatoms. The Balaban J connectivity index is 1.67. The molecule has 1 aliphatic heterocycles. The Morgan fingerprint density at radius 2 is 1.91 bits per heavy atom. The summed E-state index contributed by atoms with van der Waals surface area (Å²) in [6, 6.07) is 18.2. The summed E-state index contributed by atoms with van der Waals surface area (Å²) in [5.41, 5.74) is 5.65. The number of morpholine rings is 1.